The molecule has 0 amide bonds. The molecule has 3 fully saturated rings. The molecule has 4 aliphatic rings. The van der Waals surface area contributed by atoms with E-state index in [1.54, 1.807) is 0 Å². The van der Waals surface area contributed by atoms with Crippen molar-refractivity contribution < 1.29 is 4.79 Å². The van der Waals surface area contributed by atoms with Crippen LogP contribution in [-0.2, 0) is 4.79 Å². The van der Waals surface area contributed by atoms with Crippen molar-refractivity contribution in [3.63, 3.8) is 0 Å². The molecule has 0 bridgehead atoms. The Hall–Kier alpha value is -1.11. The number of hydrogen-bond donors (Lipinski definition) is 0. The van der Waals surface area contributed by atoms with Crippen LogP contribution in [0.2, 0.25) is 0 Å². The van der Waals surface area contributed by atoms with Crippen LogP contribution in [0.1, 0.15) is 79.6 Å². The monoisotopic (exact) mass is 380 g/mol. The van der Waals surface area contributed by atoms with E-state index in [0.29, 0.717) is 11.3 Å². The molecule has 0 N–H and O–H groups in total. The summed E-state index contributed by atoms with van der Waals surface area (Å²) in [7, 11) is 0. The van der Waals surface area contributed by atoms with Gasteiger partial charge in [-0.25, -0.2) is 0 Å². The van der Waals surface area contributed by atoms with E-state index in [-0.39, 0.29) is 11.2 Å². The Morgan fingerprint density at radius 3 is 2.64 bits per heavy atom. The average Bonchev–Trinajstić information content (AvgIpc) is 2.99. The van der Waals surface area contributed by atoms with E-state index in [0.717, 1.165) is 36.0 Å². The van der Waals surface area contributed by atoms with Crippen molar-refractivity contribution >= 4 is 5.78 Å². The van der Waals surface area contributed by atoms with Gasteiger partial charge in [-0.05, 0) is 98.0 Å². The van der Waals surface area contributed by atoms with Crippen molar-refractivity contribution in [2.75, 3.05) is 0 Å². The van der Waals surface area contributed by atoms with Gasteiger partial charge in [0.15, 0.2) is 5.78 Å². The quantitative estimate of drug-likeness (QED) is 0.473. The number of allylic oxidation sites excluding steroid dienone is 6. The van der Waals surface area contributed by atoms with Crippen LogP contribution < -0.4 is 0 Å². The highest BCUT2D eigenvalue weighted by Crippen LogP contribution is 2.66. The minimum absolute atomic E-state index is 0.138. The largest absolute Gasteiger partial charge is 0.290 e. The zero-order chi connectivity index (χ0) is 20.1. The SMILES string of the molecule is CC(C)C/C=C/[C@H](C)[C@H]1CC[C@H]2[C@@H]3CCC4=CC(=O)C=C[C@@]4(C)[C@H]3CC[C@]12C. The summed E-state index contributed by atoms with van der Waals surface area (Å²) in [4.78, 5) is 11.9. The zero-order valence-electron chi connectivity index (χ0n) is 18.7. The standard InChI is InChI=1S/C27H40O/c1-18(2)7-6-8-19(3)23-11-12-24-22-10-9-20-17-21(28)13-15-26(20,4)25(22)14-16-27(23,24)5/h6,8,13,15,17-19,22-25H,7,9-12,14,16H2,1-5H3/b8-6+/t19-,22-,23+,24-,25-,26+,27+/m0/s1. The second kappa shape index (κ2) is 7.29. The van der Waals surface area contributed by atoms with E-state index in [2.05, 4.69) is 52.8 Å². The minimum Gasteiger partial charge on any atom is -0.290 e. The molecule has 0 saturated heterocycles. The van der Waals surface area contributed by atoms with Gasteiger partial charge in [0.25, 0.3) is 0 Å². The first kappa shape index (κ1) is 20.2. The molecular formula is C27H40O. The van der Waals surface area contributed by atoms with Crippen LogP contribution in [0.3, 0.4) is 0 Å². The van der Waals surface area contributed by atoms with E-state index >= 15 is 0 Å². The zero-order valence-corrected chi connectivity index (χ0v) is 18.7. The molecule has 0 aromatic heterocycles. The fourth-order valence-electron chi connectivity index (χ4n) is 7.80. The van der Waals surface area contributed by atoms with Crippen molar-refractivity contribution in [2.24, 2.45) is 46.3 Å². The van der Waals surface area contributed by atoms with Crippen LogP contribution in [0, 0.1) is 46.3 Å². The molecular weight excluding hydrogens is 340 g/mol. The lowest BCUT2D eigenvalue weighted by Crippen LogP contribution is -2.50. The number of hydrogen-bond acceptors (Lipinski definition) is 1. The predicted molar refractivity (Wildman–Crippen MR) is 118 cm³/mol. The van der Waals surface area contributed by atoms with Crippen molar-refractivity contribution in [1.82, 2.24) is 0 Å². The molecule has 0 heterocycles. The maximum atomic E-state index is 11.9. The van der Waals surface area contributed by atoms with Crippen LogP contribution in [0.5, 0.6) is 0 Å². The molecule has 0 aliphatic heterocycles. The van der Waals surface area contributed by atoms with E-state index in [1.807, 2.05) is 12.2 Å². The van der Waals surface area contributed by atoms with Crippen LogP contribution in [0.15, 0.2) is 36.0 Å². The number of ketones is 1. The predicted octanol–water partition coefficient (Wildman–Crippen LogP) is 7.15. The number of rotatable bonds is 4. The number of carbonyl (C=O) groups is 1. The number of fused-ring (bicyclic) bond motifs is 5. The Labute approximate surface area is 172 Å². The lowest BCUT2D eigenvalue weighted by atomic mass is 9.47. The van der Waals surface area contributed by atoms with Gasteiger partial charge in [0, 0.05) is 5.41 Å². The average molecular weight is 381 g/mol. The molecule has 4 rings (SSSR count). The van der Waals surface area contributed by atoms with Gasteiger partial charge < -0.3 is 0 Å². The van der Waals surface area contributed by atoms with Crippen molar-refractivity contribution in [2.45, 2.75) is 79.6 Å². The summed E-state index contributed by atoms with van der Waals surface area (Å²) in [6, 6.07) is 0. The highest BCUT2D eigenvalue weighted by molar-refractivity contribution is 6.01. The molecule has 0 aromatic carbocycles. The van der Waals surface area contributed by atoms with Gasteiger partial charge in [0.2, 0.25) is 0 Å². The molecule has 0 aromatic rings. The van der Waals surface area contributed by atoms with Gasteiger partial charge in [0.1, 0.15) is 0 Å². The van der Waals surface area contributed by atoms with Gasteiger partial charge >= 0.3 is 0 Å². The highest BCUT2D eigenvalue weighted by Gasteiger charge is 2.58. The van der Waals surface area contributed by atoms with E-state index in [1.165, 1.54) is 44.1 Å². The second-order valence-corrected chi connectivity index (χ2v) is 11.2. The van der Waals surface area contributed by atoms with Crippen LogP contribution in [-0.4, -0.2) is 5.78 Å². The normalized spacial score (nSPS) is 43.6. The van der Waals surface area contributed by atoms with Crippen LogP contribution >= 0.6 is 0 Å². The van der Waals surface area contributed by atoms with Gasteiger partial charge in [-0.3, -0.25) is 4.79 Å². The lowest BCUT2D eigenvalue weighted by molar-refractivity contribution is -0.111. The maximum absolute atomic E-state index is 11.9. The number of carbonyl (C=O) groups excluding carboxylic acids is 1. The highest BCUT2D eigenvalue weighted by atomic mass is 16.1. The van der Waals surface area contributed by atoms with E-state index < -0.39 is 0 Å². The Morgan fingerprint density at radius 1 is 1.11 bits per heavy atom. The molecule has 7 atom stereocenters. The molecule has 154 valence electrons. The van der Waals surface area contributed by atoms with Gasteiger partial charge in [-0.1, -0.05) is 58.4 Å². The van der Waals surface area contributed by atoms with Crippen molar-refractivity contribution in [3.05, 3.63) is 36.0 Å². The third kappa shape index (κ3) is 3.17. The molecule has 4 aliphatic carbocycles. The first-order valence-electron chi connectivity index (χ1n) is 11.9. The summed E-state index contributed by atoms with van der Waals surface area (Å²) < 4.78 is 0. The first-order chi connectivity index (χ1) is 13.3. The molecule has 0 spiro atoms. The Balaban J connectivity index is 1.54. The fourth-order valence-corrected chi connectivity index (χ4v) is 7.80. The van der Waals surface area contributed by atoms with E-state index in [4.69, 9.17) is 0 Å². The smallest absolute Gasteiger partial charge is 0.178 e. The minimum atomic E-state index is 0.138. The molecule has 0 unspecified atom stereocenters. The van der Waals surface area contributed by atoms with Gasteiger partial charge in [0.05, 0.1) is 0 Å². The maximum Gasteiger partial charge on any atom is 0.178 e. The van der Waals surface area contributed by atoms with Crippen LogP contribution in [0.4, 0.5) is 0 Å². The fraction of sp³-hybridized carbons (Fsp3) is 0.741. The molecule has 1 nitrogen and oxygen atoms in total. The van der Waals surface area contributed by atoms with Gasteiger partial charge in [-0.15, -0.1) is 0 Å². The first-order valence-corrected chi connectivity index (χ1v) is 11.9. The van der Waals surface area contributed by atoms with Crippen molar-refractivity contribution in [1.29, 1.82) is 0 Å². The molecule has 0 radical (unpaired) electrons. The summed E-state index contributed by atoms with van der Waals surface area (Å²) in [5.41, 5.74) is 2.07. The summed E-state index contributed by atoms with van der Waals surface area (Å²) >= 11 is 0. The van der Waals surface area contributed by atoms with Gasteiger partial charge in [-0.2, -0.15) is 0 Å². The Kier molecular flexibility index (Phi) is 5.26. The lowest BCUT2D eigenvalue weighted by Gasteiger charge is -2.57. The van der Waals surface area contributed by atoms with Crippen molar-refractivity contribution in [3.8, 4) is 0 Å². The Bertz CT molecular complexity index is 710. The third-order valence-corrected chi connectivity index (χ3v) is 9.31. The molecule has 3 saturated carbocycles. The summed E-state index contributed by atoms with van der Waals surface area (Å²) in [5, 5.41) is 0. The second-order valence-electron chi connectivity index (χ2n) is 11.2. The Morgan fingerprint density at radius 2 is 1.89 bits per heavy atom. The van der Waals surface area contributed by atoms with Crippen LogP contribution in [0.25, 0.3) is 0 Å². The van der Waals surface area contributed by atoms with E-state index in [9.17, 15) is 4.79 Å². The topological polar surface area (TPSA) is 17.1 Å². The summed E-state index contributed by atoms with van der Waals surface area (Å²) in [5.74, 6) is 4.96. The molecule has 1 heteroatoms. The summed E-state index contributed by atoms with van der Waals surface area (Å²) in [6.45, 7) is 12.1. The summed E-state index contributed by atoms with van der Waals surface area (Å²) in [6.07, 6.45) is 20.2. The third-order valence-electron chi connectivity index (χ3n) is 9.31. The molecule has 28 heavy (non-hydrogen) atoms.